The van der Waals surface area contributed by atoms with E-state index in [2.05, 4.69) is 15.6 Å². The van der Waals surface area contributed by atoms with E-state index < -0.39 is 0 Å². The number of anilines is 2. The summed E-state index contributed by atoms with van der Waals surface area (Å²) in [6, 6.07) is 26.1. The van der Waals surface area contributed by atoms with Gasteiger partial charge in [0.2, 0.25) is 11.8 Å². The highest BCUT2D eigenvalue weighted by Gasteiger charge is 2.10. The molecule has 0 fully saturated rings. The van der Waals surface area contributed by atoms with Crippen LogP contribution >= 0.6 is 23.1 Å². The largest absolute Gasteiger partial charge is 0.436 e. The Morgan fingerprint density at radius 3 is 2.32 bits per heavy atom. The van der Waals surface area contributed by atoms with Crippen LogP contribution in [-0.2, 0) is 4.79 Å². The molecule has 2 amide bonds. The van der Waals surface area contributed by atoms with Gasteiger partial charge < -0.3 is 15.1 Å². The first-order valence-electron chi connectivity index (χ1n) is 10.5. The van der Waals surface area contributed by atoms with Crippen LogP contribution in [0.3, 0.4) is 0 Å². The lowest BCUT2D eigenvalue weighted by Gasteiger charge is -2.07. The molecule has 2 heterocycles. The number of amides is 2. The van der Waals surface area contributed by atoms with Crippen molar-refractivity contribution in [1.29, 1.82) is 0 Å². The lowest BCUT2D eigenvalue weighted by Crippen LogP contribution is -2.13. The summed E-state index contributed by atoms with van der Waals surface area (Å²) in [6.45, 7) is 0. The Hall–Kier alpha value is -3.88. The molecule has 0 atom stereocenters. The number of fused-ring (bicyclic) bond motifs is 1. The molecule has 0 unspecified atom stereocenters. The van der Waals surface area contributed by atoms with Crippen LogP contribution in [0.1, 0.15) is 9.67 Å². The van der Waals surface area contributed by atoms with E-state index in [1.165, 1.54) is 23.1 Å². The number of hydrogen-bond donors (Lipinski definition) is 2. The highest BCUT2D eigenvalue weighted by Crippen LogP contribution is 2.26. The van der Waals surface area contributed by atoms with Crippen LogP contribution in [0.5, 0.6) is 0 Å². The van der Waals surface area contributed by atoms with Gasteiger partial charge in [0.05, 0.1) is 10.6 Å². The number of carbonyl (C=O) groups is 2. The molecule has 3 aromatic carbocycles. The summed E-state index contributed by atoms with van der Waals surface area (Å²) in [4.78, 5) is 30.6. The smallest absolute Gasteiger partial charge is 0.265 e. The molecule has 0 saturated carbocycles. The van der Waals surface area contributed by atoms with Gasteiger partial charge in [-0.25, -0.2) is 4.98 Å². The summed E-state index contributed by atoms with van der Waals surface area (Å²) in [7, 11) is 0. The topological polar surface area (TPSA) is 84.2 Å². The standard InChI is InChI=1S/C26H19N3O3S2/c30-24(16-34-20-13-11-19(12-14-20)28-25(31)23-6-3-15-33-23)27-18-9-7-17(8-10-18)26-29-21-4-1-2-5-22(21)32-26/h1-15H,16H2,(H,27,30)(H,28,31). The Kier molecular flexibility index (Phi) is 6.42. The number of aromatic nitrogens is 1. The van der Waals surface area contributed by atoms with Crippen LogP contribution in [0.15, 0.2) is 99.6 Å². The van der Waals surface area contributed by atoms with Crippen molar-refractivity contribution in [3.05, 3.63) is 95.2 Å². The van der Waals surface area contributed by atoms with Gasteiger partial charge in [-0.3, -0.25) is 9.59 Å². The molecule has 34 heavy (non-hydrogen) atoms. The lowest BCUT2D eigenvalue weighted by atomic mass is 10.2. The predicted octanol–water partition coefficient (Wildman–Crippen LogP) is 6.54. The number of nitrogens with one attached hydrogen (secondary N) is 2. The maximum atomic E-state index is 12.4. The molecule has 0 radical (unpaired) electrons. The fraction of sp³-hybridized carbons (Fsp3) is 0.0385. The average Bonchev–Trinajstić information content (AvgIpc) is 3.54. The molecular weight excluding hydrogens is 466 g/mol. The number of thioether (sulfide) groups is 1. The van der Waals surface area contributed by atoms with Crippen molar-refractivity contribution in [2.24, 2.45) is 0 Å². The summed E-state index contributed by atoms with van der Waals surface area (Å²) in [5.74, 6) is 0.588. The number of oxazole rings is 1. The third-order valence-corrected chi connectivity index (χ3v) is 6.82. The van der Waals surface area contributed by atoms with Gasteiger partial charge in [-0.15, -0.1) is 23.1 Å². The third kappa shape index (κ3) is 5.19. The molecule has 6 nitrogen and oxygen atoms in total. The van der Waals surface area contributed by atoms with Crippen molar-refractivity contribution >= 4 is 57.4 Å². The molecule has 2 N–H and O–H groups in total. The van der Waals surface area contributed by atoms with E-state index >= 15 is 0 Å². The lowest BCUT2D eigenvalue weighted by molar-refractivity contribution is -0.113. The zero-order chi connectivity index (χ0) is 23.3. The van der Waals surface area contributed by atoms with Crippen molar-refractivity contribution in [2.75, 3.05) is 16.4 Å². The van der Waals surface area contributed by atoms with Crippen molar-refractivity contribution in [3.8, 4) is 11.5 Å². The first-order valence-corrected chi connectivity index (χ1v) is 12.3. The number of rotatable bonds is 7. The van der Waals surface area contributed by atoms with Gasteiger partial charge >= 0.3 is 0 Å². The van der Waals surface area contributed by atoms with E-state index in [9.17, 15) is 9.59 Å². The van der Waals surface area contributed by atoms with Crippen molar-refractivity contribution in [3.63, 3.8) is 0 Å². The molecular formula is C26H19N3O3S2. The Morgan fingerprint density at radius 1 is 0.853 bits per heavy atom. The SMILES string of the molecule is O=C(CSc1ccc(NC(=O)c2cccs2)cc1)Nc1ccc(-c2nc3ccccc3o2)cc1. The van der Waals surface area contributed by atoms with Gasteiger partial charge in [0.25, 0.3) is 5.91 Å². The summed E-state index contributed by atoms with van der Waals surface area (Å²) >= 11 is 2.83. The molecule has 0 aliphatic heterocycles. The van der Waals surface area contributed by atoms with Crippen LogP contribution in [0, 0.1) is 0 Å². The Labute approximate surface area is 204 Å². The Balaban J connectivity index is 1.13. The van der Waals surface area contributed by atoms with Gasteiger partial charge in [-0.05, 0) is 72.1 Å². The zero-order valence-corrected chi connectivity index (χ0v) is 19.5. The van der Waals surface area contributed by atoms with E-state index in [0.29, 0.717) is 22.1 Å². The summed E-state index contributed by atoms with van der Waals surface area (Å²) in [6.07, 6.45) is 0. The number of thiophene rings is 1. The van der Waals surface area contributed by atoms with Crippen LogP contribution < -0.4 is 10.6 Å². The highest BCUT2D eigenvalue weighted by atomic mass is 32.2. The average molecular weight is 486 g/mol. The van der Waals surface area contributed by atoms with E-state index in [1.807, 2.05) is 84.2 Å². The maximum Gasteiger partial charge on any atom is 0.265 e. The number of nitrogens with zero attached hydrogens (tertiary/aromatic N) is 1. The fourth-order valence-corrected chi connectivity index (χ4v) is 4.59. The van der Waals surface area contributed by atoms with Crippen LogP contribution in [0.4, 0.5) is 11.4 Å². The molecule has 8 heteroatoms. The van der Waals surface area contributed by atoms with E-state index in [0.717, 1.165) is 21.6 Å². The summed E-state index contributed by atoms with van der Waals surface area (Å²) in [5, 5.41) is 7.64. The number of carbonyl (C=O) groups excluding carboxylic acids is 2. The Bertz CT molecular complexity index is 1390. The normalized spacial score (nSPS) is 10.8. The van der Waals surface area contributed by atoms with E-state index in [4.69, 9.17) is 4.42 Å². The second-order valence-electron chi connectivity index (χ2n) is 7.36. The molecule has 5 aromatic rings. The maximum absolute atomic E-state index is 12.4. The highest BCUT2D eigenvalue weighted by molar-refractivity contribution is 8.00. The minimum atomic E-state index is -0.128. The molecule has 5 rings (SSSR count). The molecule has 2 aromatic heterocycles. The van der Waals surface area contributed by atoms with Gasteiger partial charge in [0, 0.05) is 21.8 Å². The summed E-state index contributed by atoms with van der Waals surface area (Å²) in [5.41, 5.74) is 3.81. The fourth-order valence-electron chi connectivity index (χ4n) is 3.27. The van der Waals surface area contributed by atoms with E-state index in [-0.39, 0.29) is 17.6 Å². The van der Waals surface area contributed by atoms with Crippen molar-refractivity contribution in [1.82, 2.24) is 4.98 Å². The molecule has 0 aliphatic carbocycles. The molecule has 0 bridgehead atoms. The molecule has 0 aliphatic rings. The zero-order valence-electron chi connectivity index (χ0n) is 17.9. The molecule has 0 saturated heterocycles. The van der Waals surface area contributed by atoms with Crippen LogP contribution in [-0.4, -0.2) is 22.6 Å². The monoisotopic (exact) mass is 485 g/mol. The number of benzene rings is 3. The van der Waals surface area contributed by atoms with Crippen molar-refractivity contribution in [2.45, 2.75) is 4.90 Å². The minimum absolute atomic E-state index is 0.102. The predicted molar refractivity (Wildman–Crippen MR) is 138 cm³/mol. The summed E-state index contributed by atoms with van der Waals surface area (Å²) < 4.78 is 5.79. The first-order chi connectivity index (χ1) is 16.6. The van der Waals surface area contributed by atoms with Gasteiger partial charge in [0.1, 0.15) is 5.52 Å². The first kappa shape index (κ1) is 21.9. The minimum Gasteiger partial charge on any atom is -0.436 e. The number of para-hydroxylation sites is 2. The van der Waals surface area contributed by atoms with Gasteiger partial charge in [0.15, 0.2) is 5.58 Å². The Morgan fingerprint density at radius 2 is 1.59 bits per heavy atom. The third-order valence-electron chi connectivity index (χ3n) is 4.94. The van der Waals surface area contributed by atoms with Gasteiger partial charge in [-0.1, -0.05) is 18.2 Å². The number of hydrogen-bond acceptors (Lipinski definition) is 6. The second kappa shape index (κ2) is 9.94. The van der Waals surface area contributed by atoms with Crippen LogP contribution in [0.2, 0.25) is 0 Å². The van der Waals surface area contributed by atoms with Crippen LogP contribution in [0.25, 0.3) is 22.6 Å². The quantitative estimate of drug-likeness (QED) is 0.256. The second-order valence-corrected chi connectivity index (χ2v) is 9.35. The van der Waals surface area contributed by atoms with Gasteiger partial charge in [-0.2, -0.15) is 0 Å². The van der Waals surface area contributed by atoms with Crippen molar-refractivity contribution < 1.29 is 14.0 Å². The molecule has 168 valence electrons. The van der Waals surface area contributed by atoms with E-state index in [1.54, 1.807) is 6.07 Å². The molecule has 0 spiro atoms.